The van der Waals surface area contributed by atoms with E-state index in [1.807, 2.05) is 37.3 Å². The van der Waals surface area contributed by atoms with Gasteiger partial charge >= 0.3 is 5.97 Å². The van der Waals surface area contributed by atoms with Gasteiger partial charge in [-0.3, -0.25) is 4.79 Å². The Hall–Kier alpha value is -2.93. The number of carbonyl (C=O) groups is 1. The molecule has 0 aliphatic heterocycles. The number of hydrogen-bond donors (Lipinski definition) is 1. The van der Waals surface area contributed by atoms with Crippen LogP contribution < -0.4 is 24.3 Å². The highest BCUT2D eigenvalue weighted by Gasteiger charge is 2.29. The quantitative estimate of drug-likeness (QED) is 0.515. The van der Waals surface area contributed by atoms with Gasteiger partial charge in [-0.05, 0) is 62.2 Å². The molecule has 170 valence electrons. The van der Waals surface area contributed by atoms with Gasteiger partial charge in [0.05, 0.1) is 41.0 Å². The van der Waals surface area contributed by atoms with E-state index in [1.54, 1.807) is 41.4 Å². The topological polar surface area (TPSA) is 75.3 Å². The third kappa shape index (κ3) is 6.28. The van der Waals surface area contributed by atoms with Crippen LogP contribution in [0.1, 0.15) is 30.9 Å². The summed E-state index contributed by atoms with van der Waals surface area (Å²) in [5, 5.41) is 3.46. The Balaban J connectivity index is 2.13. The van der Waals surface area contributed by atoms with E-state index in [2.05, 4.69) is 5.32 Å². The first-order chi connectivity index (χ1) is 15.0. The summed E-state index contributed by atoms with van der Waals surface area (Å²) in [6, 6.07) is 11.2. The standard InChI is InChI=1S/C24H33NO6/c1-7-31-24(26)23(18-9-11-20(28-4)22(15-18)30-6)16(2)25-13-12-17-8-10-19(27-3)21(14-17)29-5/h8-11,14-16,23,25H,7,12-13H2,1-6H3. The molecule has 0 spiro atoms. The second-order valence-corrected chi connectivity index (χ2v) is 7.03. The van der Waals surface area contributed by atoms with Crippen molar-refractivity contribution in [3.05, 3.63) is 47.5 Å². The smallest absolute Gasteiger partial charge is 0.314 e. The highest BCUT2D eigenvalue weighted by atomic mass is 16.5. The van der Waals surface area contributed by atoms with Crippen LogP contribution in [0.4, 0.5) is 0 Å². The summed E-state index contributed by atoms with van der Waals surface area (Å²) in [7, 11) is 6.39. The van der Waals surface area contributed by atoms with E-state index in [0.717, 1.165) is 17.5 Å². The molecule has 2 atom stereocenters. The van der Waals surface area contributed by atoms with Crippen LogP contribution in [-0.2, 0) is 16.0 Å². The zero-order valence-corrected chi connectivity index (χ0v) is 19.2. The van der Waals surface area contributed by atoms with Crippen molar-refractivity contribution in [3.8, 4) is 23.0 Å². The highest BCUT2D eigenvalue weighted by molar-refractivity contribution is 5.79. The second-order valence-electron chi connectivity index (χ2n) is 7.03. The molecule has 0 fully saturated rings. The van der Waals surface area contributed by atoms with Crippen LogP contribution in [0, 0.1) is 0 Å². The lowest BCUT2D eigenvalue weighted by Crippen LogP contribution is -2.38. The number of esters is 1. The lowest BCUT2D eigenvalue weighted by molar-refractivity contribution is -0.145. The second kappa shape index (κ2) is 12.1. The van der Waals surface area contributed by atoms with Crippen molar-refractivity contribution in [2.24, 2.45) is 0 Å². The average Bonchev–Trinajstić information content (AvgIpc) is 2.79. The predicted molar refractivity (Wildman–Crippen MR) is 120 cm³/mol. The number of rotatable bonds is 12. The van der Waals surface area contributed by atoms with Crippen LogP contribution in [0.3, 0.4) is 0 Å². The predicted octanol–water partition coefficient (Wildman–Crippen LogP) is 3.59. The van der Waals surface area contributed by atoms with Crippen molar-refractivity contribution in [1.29, 1.82) is 0 Å². The van der Waals surface area contributed by atoms with Gasteiger partial charge in [0.25, 0.3) is 0 Å². The number of hydrogen-bond acceptors (Lipinski definition) is 7. The summed E-state index contributed by atoms with van der Waals surface area (Å²) in [5.74, 6) is 1.83. The van der Waals surface area contributed by atoms with Crippen LogP contribution in [-0.4, -0.2) is 53.6 Å². The molecule has 7 nitrogen and oxygen atoms in total. The average molecular weight is 432 g/mol. The number of benzene rings is 2. The van der Waals surface area contributed by atoms with Crippen LogP contribution >= 0.6 is 0 Å². The first kappa shape index (κ1) is 24.3. The third-order valence-corrected chi connectivity index (χ3v) is 5.14. The Morgan fingerprint density at radius 1 is 0.871 bits per heavy atom. The van der Waals surface area contributed by atoms with E-state index in [0.29, 0.717) is 36.1 Å². The molecule has 0 amide bonds. The minimum absolute atomic E-state index is 0.155. The Labute approximate surface area is 184 Å². The minimum Gasteiger partial charge on any atom is -0.493 e. The number of nitrogens with one attached hydrogen (secondary N) is 1. The molecule has 7 heteroatoms. The largest absolute Gasteiger partial charge is 0.493 e. The van der Waals surface area contributed by atoms with E-state index < -0.39 is 5.92 Å². The van der Waals surface area contributed by atoms with E-state index in [1.165, 1.54) is 0 Å². The highest BCUT2D eigenvalue weighted by Crippen LogP contribution is 2.32. The van der Waals surface area contributed by atoms with E-state index >= 15 is 0 Å². The van der Waals surface area contributed by atoms with E-state index in [9.17, 15) is 4.79 Å². The van der Waals surface area contributed by atoms with Crippen molar-refractivity contribution in [2.75, 3.05) is 41.6 Å². The van der Waals surface area contributed by atoms with E-state index in [4.69, 9.17) is 23.7 Å². The fourth-order valence-electron chi connectivity index (χ4n) is 3.51. The van der Waals surface area contributed by atoms with Crippen molar-refractivity contribution < 1.29 is 28.5 Å². The molecule has 0 saturated heterocycles. The molecule has 0 heterocycles. The van der Waals surface area contributed by atoms with Gasteiger partial charge in [-0.1, -0.05) is 12.1 Å². The van der Waals surface area contributed by atoms with Gasteiger partial charge in [-0.15, -0.1) is 0 Å². The normalized spacial score (nSPS) is 12.6. The molecule has 2 aromatic rings. The third-order valence-electron chi connectivity index (χ3n) is 5.14. The number of carbonyl (C=O) groups excluding carboxylic acids is 1. The molecule has 0 aliphatic rings. The Morgan fingerprint density at radius 2 is 1.45 bits per heavy atom. The van der Waals surface area contributed by atoms with Crippen molar-refractivity contribution in [3.63, 3.8) is 0 Å². The Bertz CT molecular complexity index is 854. The fourth-order valence-corrected chi connectivity index (χ4v) is 3.51. The summed E-state index contributed by atoms with van der Waals surface area (Å²) in [4.78, 5) is 12.8. The Morgan fingerprint density at radius 3 is 2.03 bits per heavy atom. The van der Waals surface area contributed by atoms with E-state index in [-0.39, 0.29) is 12.0 Å². The lowest BCUT2D eigenvalue weighted by atomic mass is 9.91. The van der Waals surface area contributed by atoms with Gasteiger partial charge < -0.3 is 29.0 Å². The lowest BCUT2D eigenvalue weighted by Gasteiger charge is -2.24. The SMILES string of the molecule is CCOC(=O)C(c1ccc(OC)c(OC)c1)C(C)NCCc1ccc(OC)c(OC)c1. The van der Waals surface area contributed by atoms with Crippen molar-refractivity contribution in [1.82, 2.24) is 5.32 Å². The first-order valence-corrected chi connectivity index (χ1v) is 10.3. The van der Waals surface area contributed by atoms with Crippen LogP contribution in [0.15, 0.2) is 36.4 Å². The number of ether oxygens (including phenoxy) is 5. The maximum atomic E-state index is 12.8. The van der Waals surface area contributed by atoms with Crippen LogP contribution in [0.25, 0.3) is 0 Å². The van der Waals surface area contributed by atoms with Gasteiger partial charge in [0.2, 0.25) is 0 Å². The van der Waals surface area contributed by atoms with Crippen LogP contribution in [0.5, 0.6) is 23.0 Å². The fraction of sp³-hybridized carbons (Fsp3) is 0.458. The zero-order valence-electron chi connectivity index (χ0n) is 19.2. The summed E-state index contributed by atoms with van der Waals surface area (Å²) >= 11 is 0. The van der Waals surface area contributed by atoms with Gasteiger partial charge in [-0.25, -0.2) is 0 Å². The summed E-state index contributed by atoms with van der Waals surface area (Å²) in [6.45, 7) is 4.78. The molecule has 2 unspecified atom stereocenters. The summed E-state index contributed by atoms with van der Waals surface area (Å²) in [6.07, 6.45) is 0.770. The molecule has 0 radical (unpaired) electrons. The molecule has 2 aromatic carbocycles. The molecular weight excluding hydrogens is 398 g/mol. The van der Waals surface area contributed by atoms with Gasteiger partial charge in [0.1, 0.15) is 0 Å². The molecule has 2 rings (SSSR count). The Kier molecular flexibility index (Phi) is 9.46. The molecule has 0 aromatic heterocycles. The molecule has 0 aliphatic carbocycles. The molecule has 0 saturated carbocycles. The summed E-state index contributed by atoms with van der Waals surface area (Å²) in [5.41, 5.74) is 1.92. The maximum absolute atomic E-state index is 12.8. The molecule has 0 bridgehead atoms. The molecule has 1 N–H and O–H groups in total. The van der Waals surface area contributed by atoms with Gasteiger partial charge in [-0.2, -0.15) is 0 Å². The summed E-state index contributed by atoms with van der Waals surface area (Å²) < 4.78 is 26.7. The van der Waals surface area contributed by atoms with Gasteiger partial charge in [0.15, 0.2) is 23.0 Å². The molecular formula is C24H33NO6. The minimum atomic E-state index is -0.481. The number of methoxy groups -OCH3 is 4. The van der Waals surface area contributed by atoms with Crippen molar-refractivity contribution in [2.45, 2.75) is 32.2 Å². The van der Waals surface area contributed by atoms with Crippen LogP contribution in [0.2, 0.25) is 0 Å². The zero-order chi connectivity index (χ0) is 22.8. The van der Waals surface area contributed by atoms with Gasteiger partial charge in [0, 0.05) is 6.04 Å². The van der Waals surface area contributed by atoms with Crippen molar-refractivity contribution >= 4 is 5.97 Å². The maximum Gasteiger partial charge on any atom is 0.314 e. The first-order valence-electron chi connectivity index (χ1n) is 10.3. The monoisotopic (exact) mass is 431 g/mol. The molecule has 31 heavy (non-hydrogen) atoms.